The van der Waals surface area contributed by atoms with Gasteiger partial charge in [0.15, 0.2) is 5.82 Å². The van der Waals surface area contributed by atoms with Gasteiger partial charge in [0.05, 0.1) is 5.25 Å². The molecule has 0 bridgehead atoms. The predicted octanol–water partition coefficient (Wildman–Crippen LogP) is 3.29. The van der Waals surface area contributed by atoms with Crippen molar-refractivity contribution >= 4 is 23.5 Å². The first kappa shape index (κ1) is 16.2. The molecule has 3 atom stereocenters. The summed E-state index contributed by atoms with van der Waals surface area (Å²) >= 11 is 3.98. The highest BCUT2D eigenvalue weighted by Gasteiger charge is 2.31. The van der Waals surface area contributed by atoms with Gasteiger partial charge in [0.1, 0.15) is 0 Å². The van der Waals surface area contributed by atoms with E-state index >= 15 is 0 Å². The fraction of sp³-hybridized carbons (Fsp3) is 0.857. The summed E-state index contributed by atoms with van der Waals surface area (Å²) in [4.78, 5) is 4.59. The summed E-state index contributed by atoms with van der Waals surface area (Å²) in [6.45, 7) is 8.63. The fourth-order valence-corrected chi connectivity index (χ4v) is 5.08. The average Bonchev–Trinajstić information content (AvgIpc) is 2.86. The zero-order valence-corrected chi connectivity index (χ0v) is 14.4. The minimum absolute atomic E-state index is 0.0335. The summed E-state index contributed by atoms with van der Waals surface area (Å²) in [6.07, 6.45) is 1.80. The van der Waals surface area contributed by atoms with E-state index in [-0.39, 0.29) is 11.5 Å². The molecule has 3 unspecified atom stereocenters. The number of hydrogen-bond acceptors (Lipinski definition) is 6. The van der Waals surface area contributed by atoms with Crippen LogP contribution in [0.15, 0.2) is 4.52 Å². The van der Waals surface area contributed by atoms with Crippen LogP contribution in [0, 0.1) is 5.41 Å². The summed E-state index contributed by atoms with van der Waals surface area (Å²) in [6, 6.07) is 0.0335. The van der Waals surface area contributed by atoms with Crippen molar-refractivity contribution in [3.8, 4) is 0 Å². The number of aromatic nitrogens is 2. The lowest BCUT2D eigenvalue weighted by Crippen LogP contribution is -2.37. The summed E-state index contributed by atoms with van der Waals surface area (Å²) in [5.74, 6) is 3.91. The van der Waals surface area contributed by atoms with Crippen LogP contribution in [0.4, 0.5) is 0 Å². The summed E-state index contributed by atoms with van der Waals surface area (Å²) in [5.41, 5.74) is 6.24. The standard InChI is InChI=1S/C14H25N3OS2/c1-5-9-12(20-7-6-19-9)13-16-11(18-17-13)8-10(15)14(2,3)4/h9-10,12H,5-8,15H2,1-4H3. The van der Waals surface area contributed by atoms with Crippen LogP contribution in [0.2, 0.25) is 0 Å². The van der Waals surface area contributed by atoms with Crippen LogP contribution in [-0.4, -0.2) is 32.9 Å². The molecule has 4 nitrogen and oxygen atoms in total. The number of hydrogen-bond donors (Lipinski definition) is 1. The van der Waals surface area contributed by atoms with E-state index in [9.17, 15) is 0 Å². The molecule has 114 valence electrons. The van der Waals surface area contributed by atoms with Crippen LogP contribution >= 0.6 is 23.5 Å². The zero-order valence-electron chi connectivity index (χ0n) is 12.8. The second-order valence-electron chi connectivity index (χ2n) is 6.33. The normalized spacial score (nSPS) is 25.6. The maximum Gasteiger partial charge on any atom is 0.228 e. The molecule has 1 aromatic heterocycles. The van der Waals surface area contributed by atoms with Gasteiger partial charge >= 0.3 is 0 Å². The summed E-state index contributed by atoms with van der Waals surface area (Å²) in [5, 5.41) is 5.15. The summed E-state index contributed by atoms with van der Waals surface area (Å²) < 4.78 is 5.41. The Morgan fingerprint density at radius 3 is 2.70 bits per heavy atom. The molecule has 2 heterocycles. The third-order valence-corrected chi connectivity index (χ3v) is 6.94. The van der Waals surface area contributed by atoms with Crippen molar-refractivity contribution in [1.29, 1.82) is 0 Å². The van der Waals surface area contributed by atoms with Crippen LogP contribution in [0.5, 0.6) is 0 Å². The highest BCUT2D eigenvalue weighted by molar-refractivity contribution is 8.06. The van der Waals surface area contributed by atoms with E-state index < -0.39 is 0 Å². The van der Waals surface area contributed by atoms with Gasteiger partial charge in [-0.1, -0.05) is 32.9 Å². The molecule has 0 radical (unpaired) electrons. The quantitative estimate of drug-likeness (QED) is 0.920. The van der Waals surface area contributed by atoms with Gasteiger partial charge in [0, 0.05) is 29.2 Å². The van der Waals surface area contributed by atoms with Crippen molar-refractivity contribution in [3.63, 3.8) is 0 Å². The summed E-state index contributed by atoms with van der Waals surface area (Å²) in [7, 11) is 0. The Labute approximate surface area is 130 Å². The Balaban J connectivity index is 2.04. The fourth-order valence-electron chi connectivity index (χ4n) is 2.10. The molecule has 2 N–H and O–H groups in total. The van der Waals surface area contributed by atoms with Gasteiger partial charge in [-0.2, -0.15) is 16.7 Å². The highest BCUT2D eigenvalue weighted by atomic mass is 32.2. The lowest BCUT2D eigenvalue weighted by atomic mass is 9.85. The third kappa shape index (κ3) is 3.92. The first-order chi connectivity index (χ1) is 9.41. The smallest absolute Gasteiger partial charge is 0.228 e. The van der Waals surface area contributed by atoms with Crippen molar-refractivity contribution < 1.29 is 4.52 Å². The molecule has 1 saturated heterocycles. The van der Waals surface area contributed by atoms with Gasteiger partial charge < -0.3 is 10.3 Å². The van der Waals surface area contributed by atoms with E-state index in [2.05, 4.69) is 37.8 Å². The lowest BCUT2D eigenvalue weighted by molar-refractivity contribution is 0.285. The van der Waals surface area contributed by atoms with Crippen molar-refractivity contribution in [2.75, 3.05) is 11.5 Å². The SMILES string of the molecule is CCC1SCCSC1c1noc(CC(N)C(C)(C)C)n1. The van der Waals surface area contributed by atoms with Crippen molar-refractivity contribution in [3.05, 3.63) is 11.7 Å². The zero-order chi connectivity index (χ0) is 14.8. The molecule has 1 aliphatic heterocycles. The molecule has 6 heteroatoms. The van der Waals surface area contributed by atoms with E-state index in [4.69, 9.17) is 10.3 Å². The van der Waals surface area contributed by atoms with Gasteiger partial charge in [-0.05, 0) is 11.8 Å². The Morgan fingerprint density at radius 1 is 1.35 bits per heavy atom. The Hall–Kier alpha value is -0.200. The minimum Gasteiger partial charge on any atom is -0.339 e. The molecule has 0 aromatic carbocycles. The van der Waals surface area contributed by atoms with Crippen LogP contribution in [0.25, 0.3) is 0 Å². The van der Waals surface area contributed by atoms with Crippen molar-refractivity contribution in [2.45, 2.75) is 57.1 Å². The molecule has 0 aliphatic carbocycles. The van der Waals surface area contributed by atoms with Crippen molar-refractivity contribution in [1.82, 2.24) is 10.1 Å². The maximum absolute atomic E-state index is 6.19. The van der Waals surface area contributed by atoms with Gasteiger partial charge in [-0.3, -0.25) is 0 Å². The first-order valence-electron chi connectivity index (χ1n) is 7.23. The van der Waals surface area contributed by atoms with E-state index in [0.717, 1.165) is 18.0 Å². The number of nitrogens with zero attached hydrogens (tertiary/aromatic N) is 2. The lowest BCUT2D eigenvalue weighted by Gasteiger charge is -2.27. The highest BCUT2D eigenvalue weighted by Crippen LogP contribution is 2.42. The molecule has 1 aromatic rings. The average molecular weight is 316 g/mol. The predicted molar refractivity (Wildman–Crippen MR) is 87.2 cm³/mol. The number of rotatable bonds is 4. The van der Waals surface area contributed by atoms with Gasteiger partial charge in [0.25, 0.3) is 0 Å². The van der Waals surface area contributed by atoms with E-state index in [1.807, 2.05) is 23.5 Å². The second kappa shape index (κ2) is 6.71. The molecule has 20 heavy (non-hydrogen) atoms. The molecular weight excluding hydrogens is 290 g/mol. The molecule has 1 aliphatic rings. The van der Waals surface area contributed by atoms with Gasteiger partial charge in [-0.25, -0.2) is 0 Å². The largest absolute Gasteiger partial charge is 0.339 e. The first-order valence-corrected chi connectivity index (χ1v) is 9.32. The van der Waals surface area contributed by atoms with E-state index in [1.54, 1.807) is 0 Å². The topological polar surface area (TPSA) is 64.9 Å². The molecule has 1 fully saturated rings. The monoisotopic (exact) mass is 315 g/mol. The molecule has 0 spiro atoms. The Kier molecular flexibility index (Phi) is 5.42. The van der Waals surface area contributed by atoms with Crippen LogP contribution in [0.3, 0.4) is 0 Å². The van der Waals surface area contributed by atoms with Gasteiger partial charge in [0.2, 0.25) is 5.89 Å². The number of nitrogens with two attached hydrogens (primary N) is 1. The van der Waals surface area contributed by atoms with Crippen molar-refractivity contribution in [2.24, 2.45) is 11.1 Å². The van der Waals surface area contributed by atoms with Crippen LogP contribution in [-0.2, 0) is 6.42 Å². The molecule has 2 rings (SSSR count). The maximum atomic E-state index is 6.19. The molecular formula is C14H25N3OS2. The number of thioether (sulfide) groups is 2. The Bertz CT molecular complexity index is 430. The van der Waals surface area contributed by atoms with E-state index in [0.29, 0.717) is 22.8 Å². The van der Waals surface area contributed by atoms with Crippen LogP contribution in [0.1, 0.15) is 51.1 Å². The molecule has 0 amide bonds. The second-order valence-corrected chi connectivity index (χ2v) is 8.93. The Morgan fingerprint density at radius 2 is 2.05 bits per heavy atom. The van der Waals surface area contributed by atoms with Gasteiger partial charge in [-0.15, -0.1) is 11.8 Å². The third-order valence-electron chi connectivity index (χ3n) is 3.70. The minimum atomic E-state index is 0.0335. The van der Waals surface area contributed by atoms with E-state index in [1.165, 1.54) is 5.75 Å². The van der Waals surface area contributed by atoms with Crippen LogP contribution < -0.4 is 5.73 Å². The molecule has 0 saturated carbocycles.